The van der Waals surface area contributed by atoms with Gasteiger partial charge in [0.05, 0.1) is 12.1 Å². The van der Waals surface area contributed by atoms with Crippen molar-refractivity contribution in [1.29, 1.82) is 0 Å². The number of ether oxygens (including phenoxy) is 1. The standard InChI is InChI=1S/C14H17N3O2/c1-10(12-5-4-8-19-12)15-14(18)11-9-17-7-3-2-6-13(17)16-11/h2-3,6-7,9-10,12H,4-5,8H2,1H3,(H,15,18). The first kappa shape index (κ1) is 12.2. The van der Waals surface area contributed by atoms with Gasteiger partial charge in [0.2, 0.25) is 0 Å². The molecule has 0 aromatic carbocycles. The largest absolute Gasteiger partial charge is 0.376 e. The maximum atomic E-state index is 12.1. The molecule has 1 aliphatic rings. The Bertz CT molecular complexity index is 554. The molecule has 2 unspecified atom stereocenters. The maximum Gasteiger partial charge on any atom is 0.271 e. The Morgan fingerprint density at radius 1 is 1.58 bits per heavy atom. The third-order valence-corrected chi connectivity index (χ3v) is 3.48. The minimum Gasteiger partial charge on any atom is -0.376 e. The third-order valence-electron chi connectivity index (χ3n) is 3.48. The summed E-state index contributed by atoms with van der Waals surface area (Å²) in [5.41, 5.74) is 1.22. The molecule has 0 bridgehead atoms. The van der Waals surface area contributed by atoms with E-state index in [1.54, 1.807) is 6.20 Å². The predicted molar refractivity (Wildman–Crippen MR) is 71.1 cm³/mol. The van der Waals surface area contributed by atoms with Crippen molar-refractivity contribution in [2.45, 2.75) is 31.9 Å². The lowest BCUT2D eigenvalue weighted by Crippen LogP contribution is -2.40. The van der Waals surface area contributed by atoms with Gasteiger partial charge in [0.25, 0.3) is 5.91 Å². The van der Waals surface area contributed by atoms with Crippen LogP contribution in [-0.4, -0.2) is 34.0 Å². The number of carbonyl (C=O) groups excluding carboxylic acids is 1. The summed E-state index contributed by atoms with van der Waals surface area (Å²) in [7, 11) is 0. The van der Waals surface area contributed by atoms with Gasteiger partial charge in [0.15, 0.2) is 0 Å². The van der Waals surface area contributed by atoms with Crippen LogP contribution in [0.2, 0.25) is 0 Å². The number of rotatable bonds is 3. The SMILES string of the molecule is CC(NC(=O)c1cn2ccccc2n1)C1CCCO1. The smallest absolute Gasteiger partial charge is 0.271 e. The molecule has 0 aliphatic carbocycles. The van der Waals surface area contributed by atoms with Crippen molar-refractivity contribution in [3.05, 3.63) is 36.3 Å². The predicted octanol–water partition coefficient (Wildman–Crippen LogP) is 1.63. The van der Waals surface area contributed by atoms with Crippen molar-refractivity contribution in [3.8, 4) is 0 Å². The lowest BCUT2D eigenvalue weighted by molar-refractivity contribution is 0.0710. The molecule has 2 aromatic heterocycles. The number of nitrogens with one attached hydrogen (secondary N) is 1. The Kier molecular flexibility index (Phi) is 3.21. The molecule has 2 aromatic rings. The normalized spacial score (nSPS) is 20.6. The van der Waals surface area contributed by atoms with E-state index in [-0.39, 0.29) is 18.1 Å². The highest BCUT2D eigenvalue weighted by molar-refractivity contribution is 5.93. The molecule has 1 aliphatic heterocycles. The Morgan fingerprint density at radius 2 is 2.47 bits per heavy atom. The van der Waals surface area contributed by atoms with Crippen molar-refractivity contribution in [2.24, 2.45) is 0 Å². The Labute approximate surface area is 111 Å². The highest BCUT2D eigenvalue weighted by Crippen LogP contribution is 2.15. The van der Waals surface area contributed by atoms with E-state index in [9.17, 15) is 4.79 Å². The van der Waals surface area contributed by atoms with E-state index in [4.69, 9.17) is 4.74 Å². The monoisotopic (exact) mass is 259 g/mol. The fraction of sp³-hybridized carbons (Fsp3) is 0.429. The van der Waals surface area contributed by atoms with Gasteiger partial charge in [0, 0.05) is 19.0 Å². The highest BCUT2D eigenvalue weighted by Gasteiger charge is 2.24. The Morgan fingerprint density at radius 3 is 3.21 bits per heavy atom. The molecule has 0 spiro atoms. The number of aromatic nitrogens is 2. The van der Waals surface area contributed by atoms with E-state index in [2.05, 4.69) is 10.3 Å². The average molecular weight is 259 g/mol. The van der Waals surface area contributed by atoms with E-state index in [0.29, 0.717) is 5.69 Å². The molecule has 1 saturated heterocycles. The first-order valence-corrected chi connectivity index (χ1v) is 6.60. The molecule has 19 heavy (non-hydrogen) atoms. The molecule has 5 heteroatoms. The van der Waals surface area contributed by atoms with Crippen LogP contribution in [0.3, 0.4) is 0 Å². The molecule has 2 atom stereocenters. The molecule has 1 amide bonds. The van der Waals surface area contributed by atoms with Crippen LogP contribution in [0.4, 0.5) is 0 Å². The zero-order valence-electron chi connectivity index (χ0n) is 10.9. The second-order valence-electron chi connectivity index (χ2n) is 4.91. The zero-order chi connectivity index (χ0) is 13.2. The number of hydrogen-bond acceptors (Lipinski definition) is 3. The van der Waals surface area contributed by atoms with Crippen molar-refractivity contribution in [2.75, 3.05) is 6.61 Å². The van der Waals surface area contributed by atoms with E-state index in [1.165, 1.54) is 0 Å². The summed E-state index contributed by atoms with van der Waals surface area (Å²) < 4.78 is 7.41. The second-order valence-corrected chi connectivity index (χ2v) is 4.91. The second kappa shape index (κ2) is 5.01. The van der Waals surface area contributed by atoms with Crippen molar-refractivity contribution in [1.82, 2.24) is 14.7 Å². The number of nitrogens with zero attached hydrogens (tertiary/aromatic N) is 2. The summed E-state index contributed by atoms with van der Waals surface area (Å²) in [6, 6.07) is 5.70. The van der Waals surface area contributed by atoms with Gasteiger partial charge in [0.1, 0.15) is 11.3 Å². The van der Waals surface area contributed by atoms with Crippen LogP contribution < -0.4 is 5.32 Å². The van der Waals surface area contributed by atoms with Crippen LogP contribution in [0.25, 0.3) is 5.65 Å². The molecule has 3 rings (SSSR count). The molecular weight excluding hydrogens is 242 g/mol. The maximum absolute atomic E-state index is 12.1. The Balaban J connectivity index is 1.72. The molecule has 1 N–H and O–H groups in total. The summed E-state index contributed by atoms with van der Waals surface area (Å²) >= 11 is 0. The summed E-state index contributed by atoms with van der Waals surface area (Å²) in [5.74, 6) is -0.147. The summed E-state index contributed by atoms with van der Waals surface area (Å²) in [4.78, 5) is 16.4. The van der Waals surface area contributed by atoms with Gasteiger partial charge in [-0.2, -0.15) is 0 Å². The zero-order valence-corrected chi connectivity index (χ0v) is 10.9. The van der Waals surface area contributed by atoms with Crippen molar-refractivity contribution >= 4 is 11.6 Å². The molecule has 3 heterocycles. The summed E-state index contributed by atoms with van der Waals surface area (Å²) in [5, 5.41) is 2.96. The van der Waals surface area contributed by atoms with Gasteiger partial charge in [-0.05, 0) is 31.9 Å². The molecule has 0 radical (unpaired) electrons. The number of carbonyl (C=O) groups is 1. The minimum absolute atomic E-state index is 0.0137. The van der Waals surface area contributed by atoms with Crippen molar-refractivity contribution < 1.29 is 9.53 Å². The van der Waals surface area contributed by atoms with E-state index in [1.807, 2.05) is 35.7 Å². The Hall–Kier alpha value is -1.88. The number of imidazole rings is 1. The van der Waals surface area contributed by atoms with E-state index in [0.717, 1.165) is 25.1 Å². The van der Waals surface area contributed by atoms with Gasteiger partial charge in [-0.25, -0.2) is 4.98 Å². The lowest BCUT2D eigenvalue weighted by Gasteiger charge is -2.19. The van der Waals surface area contributed by atoms with Crippen LogP contribution in [0.5, 0.6) is 0 Å². The fourth-order valence-corrected chi connectivity index (χ4v) is 2.41. The molecule has 0 saturated carbocycles. The third kappa shape index (κ3) is 2.46. The van der Waals surface area contributed by atoms with E-state index >= 15 is 0 Å². The topological polar surface area (TPSA) is 55.6 Å². The van der Waals surface area contributed by atoms with Crippen LogP contribution in [-0.2, 0) is 4.74 Å². The fourth-order valence-electron chi connectivity index (χ4n) is 2.41. The van der Waals surface area contributed by atoms with Gasteiger partial charge in [-0.3, -0.25) is 4.79 Å². The van der Waals surface area contributed by atoms with Crippen LogP contribution in [0, 0.1) is 0 Å². The first-order chi connectivity index (χ1) is 9.24. The number of amides is 1. The first-order valence-electron chi connectivity index (χ1n) is 6.60. The summed E-state index contributed by atoms with van der Waals surface area (Å²) in [6.45, 7) is 2.77. The molecule has 5 nitrogen and oxygen atoms in total. The number of hydrogen-bond donors (Lipinski definition) is 1. The van der Waals surface area contributed by atoms with Crippen LogP contribution in [0.1, 0.15) is 30.3 Å². The van der Waals surface area contributed by atoms with Gasteiger partial charge in [-0.1, -0.05) is 6.07 Å². The van der Waals surface area contributed by atoms with Crippen molar-refractivity contribution in [3.63, 3.8) is 0 Å². The molecule has 100 valence electrons. The van der Waals surface area contributed by atoms with Gasteiger partial charge < -0.3 is 14.5 Å². The van der Waals surface area contributed by atoms with Gasteiger partial charge in [-0.15, -0.1) is 0 Å². The number of fused-ring (bicyclic) bond motifs is 1. The number of pyridine rings is 1. The van der Waals surface area contributed by atoms with Gasteiger partial charge >= 0.3 is 0 Å². The molecule has 1 fully saturated rings. The average Bonchev–Trinajstić information content (AvgIpc) is 3.07. The highest BCUT2D eigenvalue weighted by atomic mass is 16.5. The van der Waals surface area contributed by atoms with Crippen LogP contribution in [0.15, 0.2) is 30.6 Å². The molecular formula is C14H17N3O2. The summed E-state index contributed by atoms with van der Waals surface area (Å²) in [6.07, 6.45) is 5.82. The van der Waals surface area contributed by atoms with Crippen LogP contribution >= 0.6 is 0 Å². The quantitative estimate of drug-likeness (QED) is 0.911. The van der Waals surface area contributed by atoms with E-state index < -0.39 is 0 Å². The lowest BCUT2D eigenvalue weighted by atomic mass is 10.1. The minimum atomic E-state index is -0.147.